The molecule has 0 radical (unpaired) electrons. The van der Waals surface area contributed by atoms with E-state index in [1.165, 1.54) is 63.0 Å². The Bertz CT molecular complexity index is 369. The van der Waals surface area contributed by atoms with Gasteiger partial charge in [-0.1, -0.05) is 29.8 Å². The van der Waals surface area contributed by atoms with E-state index in [9.17, 15) is 0 Å². The third-order valence-electron chi connectivity index (χ3n) is 4.18. The molecule has 1 fully saturated rings. The van der Waals surface area contributed by atoms with Gasteiger partial charge in [-0.15, -0.1) is 0 Å². The molecule has 19 heavy (non-hydrogen) atoms. The Hall–Kier alpha value is -0.860. The van der Waals surface area contributed by atoms with Crippen molar-refractivity contribution in [3.8, 4) is 0 Å². The number of rotatable bonds is 6. The molecule has 1 saturated heterocycles. The van der Waals surface area contributed by atoms with Crippen molar-refractivity contribution in [3.05, 3.63) is 35.4 Å². The molecule has 2 rings (SSSR count). The third kappa shape index (κ3) is 5.33. The van der Waals surface area contributed by atoms with Gasteiger partial charge in [-0.25, -0.2) is 0 Å². The molecule has 1 aliphatic rings. The molecule has 0 spiro atoms. The first-order valence-corrected chi connectivity index (χ1v) is 7.69. The van der Waals surface area contributed by atoms with E-state index in [0.717, 1.165) is 5.92 Å². The zero-order chi connectivity index (χ0) is 13.5. The van der Waals surface area contributed by atoms with Gasteiger partial charge in [0.15, 0.2) is 0 Å². The minimum absolute atomic E-state index is 0.898. The molecule has 1 N–H and O–H groups in total. The zero-order valence-electron chi connectivity index (χ0n) is 12.5. The number of likely N-dealkylation sites (N-methyl/N-ethyl adjacent to an activating group) is 1. The fourth-order valence-electron chi connectivity index (χ4n) is 2.87. The lowest BCUT2D eigenvalue weighted by Gasteiger charge is -2.25. The molecule has 0 aliphatic carbocycles. The first kappa shape index (κ1) is 14.5. The molecule has 1 aliphatic heterocycles. The van der Waals surface area contributed by atoms with Crippen LogP contribution in [0.3, 0.4) is 0 Å². The van der Waals surface area contributed by atoms with Gasteiger partial charge in [0.05, 0.1) is 0 Å². The van der Waals surface area contributed by atoms with E-state index in [1.54, 1.807) is 0 Å². The molecule has 1 aromatic rings. The molecule has 1 heterocycles. The fraction of sp³-hybridized carbons (Fsp3) is 0.647. The van der Waals surface area contributed by atoms with Crippen LogP contribution in [0.5, 0.6) is 0 Å². The molecular formula is C17H28N2. The molecule has 2 heteroatoms. The number of nitrogens with one attached hydrogen (secondary N) is 1. The molecule has 0 aromatic heterocycles. The minimum Gasteiger partial charge on any atom is -0.316 e. The maximum atomic E-state index is 3.50. The maximum absolute atomic E-state index is 3.50. The van der Waals surface area contributed by atoms with E-state index in [0.29, 0.717) is 0 Å². The Labute approximate surface area is 118 Å². The van der Waals surface area contributed by atoms with Gasteiger partial charge < -0.3 is 10.2 Å². The van der Waals surface area contributed by atoms with Crippen LogP contribution in [0.4, 0.5) is 0 Å². The van der Waals surface area contributed by atoms with Crippen molar-refractivity contribution in [1.29, 1.82) is 0 Å². The van der Waals surface area contributed by atoms with Crippen molar-refractivity contribution in [3.63, 3.8) is 0 Å². The van der Waals surface area contributed by atoms with E-state index in [4.69, 9.17) is 0 Å². The summed E-state index contributed by atoms with van der Waals surface area (Å²) in [5.41, 5.74) is 2.83. The molecule has 1 aromatic carbocycles. The number of nitrogens with zero attached hydrogens (tertiary/aromatic N) is 1. The minimum atomic E-state index is 0.898. The molecular weight excluding hydrogens is 232 g/mol. The second kappa shape index (κ2) is 7.66. The van der Waals surface area contributed by atoms with Crippen molar-refractivity contribution in [2.24, 2.45) is 5.92 Å². The lowest BCUT2D eigenvalue weighted by atomic mass is 9.96. The average Bonchev–Trinajstić information content (AvgIpc) is 2.44. The summed E-state index contributed by atoms with van der Waals surface area (Å²) >= 11 is 0. The van der Waals surface area contributed by atoms with Crippen LogP contribution in [0, 0.1) is 12.8 Å². The van der Waals surface area contributed by atoms with Gasteiger partial charge in [-0.05, 0) is 70.8 Å². The summed E-state index contributed by atoms with van der Waals surface area (Å²) in [6.45, 7) is 7.02. The van der Waals surface area contributed by atoms with Crippen molar-refractivity contribution in [1.82, 2.24) is 10.2 Å². The van der Waals surface area contributed by atoms with Gasteiger partial charge in [0.2, 0.25) is 0 Å². The highest BCUT2D eigenvalue weighted by Gasteiger charge is 2.13. The lowest BCUT2D eigenvalue weighted by Crippen LogP contribution is -2.32. The van der Waals surface area contributed by atoms with Crippen molar-refractivity contribution in [2.45, 2.75) is 32.6 Å². The maximum Gasteiger partial charge on any atom is 0.00188 e. The van der Waals surface area contributed by atoms with Gasteiger partial charge in [0.1, 0.15) is 0 Å². The number of hydrogen-bond acceptors (Lipinski definition) is 2. The van der Waals surface area contributed by atoms with Crippen molar-refractivity contribution < 1.29 is 0 Å². The van der Waals surface area contributed by atoms with Crippen LogP contribution in [0.1, 0.15) is 30.4 Å². The monoisotopic (exact) mass is 260 g/mol. The Morgan fingerprint density at radius 3 is 2.95 bits per heavy atom. The van der Waals surface area contributed by atoms with E-state index in [-0.39, 0.29) is 0 Å². The van der Waals surface area contributed by atoms with Crippen LogP contribution in [-0.4, -0.2) is 38.1 Å². The van der Waals surface area contributed by atoms with Crippen LogP contribution < -0.4 is 5.32 Å². The molecule has 1 atom stereocenters. The van der Waals surface area contributed by atoms with E-state index >= 15 is 0 Å². The van der Waals surface area contributed by atoms with Gasteiger partial charge in [0.25, 0.3) is 0 Å². The topological polar surface area (TPSA) is 15.3 Å². The Balaban J connectivity index is 1.65. The van der Waals surface area contributed by atoms with E-state index < -0.39 is 0 Å². The summed E-state index contributed by atoms with van der Waals surface area (Å²) in [5, 5.41) is 3.50. The van der Waals surface area contributed by atoms with Crippen LogP contribution in [0.25, 0.3) is 0 Å². The van der Waals surface area contributed by atoms with E-state index in [1.807, 2.05) is 0 Å². The normalized spacial score (nSPS) is 19.8. The second-order valence-electron chi connectivity index (χ2n) is 6.04. The van der Waals surface area contributed by atoms with Gasteiger partial charge >= 0.3 is 0 Å². The van der Waals surface area contributed by atoms with Gasteiger partial charge in [-0.3, -0.25) is 0 Å². The first-order valence-electron chi connectivity index (χ1n) is 7.69. The highest BCUT2D eigenvalue weighted by atomic mass is 15.1. The summed E-state index contributed by atoms with van der Waals surface area (Å²) in [6, 6.07) is 8.88. The van der Waals surface area contributed by atoms with Crippen LogP contribution >= 0.6 is 0 Å². The van der Waals surface area contributed by atoms with Crippen LogP contribution in [0.2, 0.25) is 0 Å². The average molecular weight is 260 g/mol. The predicted octanol–water partition coefficient (Wildman–Crippen LogP) is 2.86. The second-order valence-corrected chi connectivity index (χ2v) is 6.04. The fourth-order valence-corrected chi connectivity index (χ4v) is 2.87. The Kier molecular flexibility index (Phi) is 5.87. The molecule has 2 nitrogen and oxygen atoms in total. The van der Waals surface area contributed by atoms with Gasteiger partial charge in [-0.2, -0.15) is 0 Å². The number of hydrogen-bond donors (Lipinski definition) is 1. The summed E-state index contributed by atoms with van der Waals surface area (Å²) in [6.07, 6.45) is 5.29. The largest absolute Gasteiger partial charge is 0.316 e. The zero-order valence-corrected chi connectivity index (χ0v) is 12.5. The smallest absolute Gasteiger partial charge is 0.00188 e. The molecule has 106 valence electrons. The summed E-state index contributed by atoms with van der Waals surface area (Å²) in [5.74, 6) is 0.898. The van der Waals surface area contributed by atoms with E-state index in [2.05, 4.69) is 48.5 Å². The number of aryl methyl sites for hydroxylation is 1. The lowest BCUT2D eigenvalue weighted by molar-refractivity contribution is 0.275. The summed E-state index contributed by atoms with van der Waals surface area (Å²) < 4.78 is 0. The number of benzene rings is 1. The van der Waals surface area contributed by atoms with Gasteiger partial charge in [0, 0.05) is 6.54 Å². The Morgan fingerprint density at radius 2 is 2.21 bits per heavy atom. The quantitative estimate of drug-likeness (QED) is 0.846. The highest BCUT2D eigenvalue weighted by molar-refractivity contribution is 5.22. The summed E-state index contributed by atoms with van der Waals surface area (Å²) in [7, 11) is 2.26. The van der Waals surface area contributed by atoms with Crippen molar-refractivity contribution >= 4 is 0 Å². The summed E-state index contributed by atoms with van der Waals surface area (Å²) in [4.78, 5) is 2.48. The molecule has 0 saturated carbocycles. The SMILES string of the molecule is Cc1cccc(CCN(C)CCC2CCCNC2)c1. The van der Waals surface area contributed by atoms with Crippen molar-refractivity contribution in [2.75, 3.05) is 33.2 Å². The first-order chi connectivity index (χ1) is 9.24. The predicted molar refractivity (Wildman–Crippen MR) is 82.6 cm³/mol. The molecule has 1 unspecified atom stereocenters. The van der Waals surface area contributed by atoms with Crippen LogP contribution in [0.15, 0.2) is 24.3 Å². The third-order valence-corrected chi connectivity index (χ3v) is 4.18. The molecule has 0 bridgehead atoms. The standard InChI is InChI=1S/C17H28N2/c1-15-5-3-6-16(13-15)8-11-19(2)12-9-17-7-4-10-18-14-17/h3,5-6,13,17-18H,4,7-12,14H2,1-2H3. The molecule has 0 amide bonds. The Morgan fingerprint density at radius 1 is 1.32 bits per heavy atom. The highest BCUT2D eigenvalue weighted by Crippen LogP contribution is 2.14. The van der Waals surface area contributed by atoms with Crippen LogP contribution in [-0.2, 0) is 6.42 Å². The number of piperidine rings is 1.